The Labute approximate surface area is 138 Å². The number of carbonyl (C=O) groups excluding carboxylic acids is 2. The van der Waals surface area contributed by atoms with Crippen LogP contribution in [0.4, 0.5) is 5.69 Å². The van der Waals surface area contributed by atoms with Crippen molar-refractivity contribution in [2.24, 2.45) is 11.3 Å². The first-order valence-corrected chi connectivity index (χ1v) is 7.85. The number of hydrogen-bond donors (Lipinski definition) is 3. The first-order chi connectivity index (χ1) is 10.4. The molecule has 5 heteroatoms. The molecule has 1 aromatic carbocycles. The molecule has 0 aliphatic carbocycles. The van der Waals surface area contributed by atoms with Crippen LogP contribution in [0.1, 0.15) is 51.9 Å². The van der Waals surface area contributed by atoms with E-state index in [1.54, 1.807) is 31.2 Å². The molecule has 1 unspecified atom stereocenters. The minimum atomic E-state index is -0.965. The molecule has 1 atom stereocenters. The Balaban J connectivity index is 2.77. The zero-order valence-electron chi connectivity index (χ0n) is 14.9. The van der Waals surface area contributed by atoms with Gasteiger partial charge in [-0.3, -0.25) is 9.59 Å². The minimum absolute atomic E-state index is 0.0280. The fourth-order valence-electron chi connectivity index (χ4n) is 1.62. The summed E-state index contributed by atoms with van der Waals surface area (Å²) in [5.41, 5.74) is -0.452. The Bertz CT molecular complexity index is 572. The maximum absolute atomic E-state index is 12.2. The van der Waals surface area contributed by atoms with Crippen LogP contribution in [0.25, 0.3) is 0 Å². The lowest BCUT2D eigenvalue weighted by atomic mass is 9.92. The summed E-state index contributed by atoms with van der Waals surface area (Å²) < 4.78 is 0. The van der Waals surface area contributed by atoms with Crippen LogP contribution in [0.15, 0.2) is 24.3 Å². The molecule has 0 radical (unpaired) electrons. The lowest BCUT2D eigenvalue weighted by Crippen LogP contribution is -2.44. The van der Waals surface area contributed by atoms with Gasteiger partial charge in [0.15, 0.2) is 0 Å². The number of anilines is 1. The number of hydrogen-bond acceptors (Lipinski definition) is 3. The Morgan fingerprint density at radius 3 is 2.30 bits per heavy atom. The zero-order valence-corrected chi connectivity index (χ0v) is 14.9. The Kier molecular flexibility index (Phi) is 5.94. The Morgan fingerprint density at radius 1 is 1.17 bits per heavy atom. The van der Waals surface area contributed by atoms with Gasteiger partial charge in [-0.25, -0.2) is 0 Å². The largest absolute Gasteiger partial charge is 0.388 e. The highest BCUT2D eigenvalue weighted by Crippen LogP contribution is 2.19. The van der Waals surface area contributed by atoms with Gasteiger partial charge in [0.2, 0.25) is 5.91 Å². The van der Waals surface area contributed by atoms with Crippen LogP contribution < -0.4 is 10.6 Å². The van der Waals surface area contributed by atoms with Gasteiger partial charge < -0.3 is 15.7 Å². The quantitative estimate of drug-likeness (QED) is 0.780. The molecule has 0 fully saturated rings. The topological polar surface area (TPSA) is 78.4 Å². The molecule has 23 heavy (non-hydrogen) atoms. The predicted molar refractivity (Wildman–Crippen MR) is 92.3 cm³/mol. The maximum Gasteiger partial charge on any atom is 0.251 e. The predicted octanol–water partition coefficient (Wildman–Crippen LogP) is 2.81. The van der Waals surface area contributed by atoms with Crippen LogP contribution in [0.5, 0.6) is 0 Å². The molecule has 5 nitrogen and oxygen atoms in total. The van der Waals surface area contributed by atoms with Crippen LogP contribution in [-0.2, 0) is 4.79 Å². The molecule has 0 spiro atoms. The van der Waals surface area contributed by atoms with Crippen molar-refractivity contribution in [2.75, 3.05) is 11.9 Å². The van der Waals surface area contributed by atoms with E-state index in [1.165, 1.54) is 0 Å². The summed E-state index contributed by atoms with van der Waals surface area (Å²) in [6, 6.07) is 6.76. The number of amides is 2. The van der Waals surface area contributed by atoms with Crippen molar-refractivity contribution in [3.8, 4) is 0 Å². The van der Waals surface area contributed by atoms with Crippen LogP contribution in [0, 0.1) is 11.3 Å². The van der Waals surface area contributed by atoms with Gasteiger partial charge in [-0.15, -0.1) is 0 Å². The van der Waals surface area contributed by atoms with Crippen molar-refractivity contribution in [3.63, 3.8) is 0 Å². The third-order valence-electron chi connectivity index (χ3n) is 3.91. The second-order valence-corrected chi connectivity index (χ2v) is 7.48. The van der Waals surface area contributed by atoms with E-state index in [0.29, 0.717) is 11.3 Å². The highest BCUT2D eigenvalue weighted by molar-refractivity contribution is 5.98. The first kappa shape index (κ1) is 19.2. The summed E-state index contributed by atoms with van der Waals surface area (Å²) in [4.78, 5) is 24.2. The van der Waals surface area contributed by atoms with Crippen molar-refractivity contribution in [1.82, 2.24) is 5.32 Å². The summed E-state index contributed by atoms with van der Waals surface area (Å²) >= 11 is 0. The second kappa shape index (κ2) is 7.13. The minimum Gasteiger partial charge on any atom is -0.388 e. The van der Waals surface area contributed by atoms with Gasteiger partial charge in [0, 0.05) is 23.2 Å². The summed E-state index contributed by atoms with van der Waals surface area (Å²) in [7, 11) is 0. The van der Waals surface area contributed by atoms with Crippen LogP contribution >= 0.6 is 0 Å². The van der Waals surface area contributed by atoms with Crippen molar-refractivity contribution in [1.29, 1.82) is 0 Å². The Morgan fingerprint density at radius 2 is 1.78 bits per heavy atom. The van der Waals surface area contributed by atoms with E-state index in [-0.39, 0.29) is 24.3 Å². The first-order valence-electron chi connectivity index (χ1n) is 7.85. The molecule has 2 amide bonds. The lowest BCUT2D eigenvalue weighted by Gasteiger charge is -2.27. The molecule has 3 N–H and O–H groups in total. The SMILES string of the molecule is CC(C)C(C)(O)CNC(=O)c1cccc(NC(=O)C(C)(C)C)c1. The fraction of sp³-hybridized carbons (Fsp3) is 0.556. The molecule has 0 aromatic heterocycles. The summed E-state index contributed by atoms with van der Waals surface area (Å²) in [5, 5.41) is 15.7. The number of rotatable bonds is 5. The molecular formula is C18H28N2O3. The highest BCUT2D eigenvalue weighted by Gasteiger charge is 2.25. The number of benzene rings is 1. The molecular weight excluding hydrogens is 292 g/mol. The van der Waals surface area contributed by atoms with Gasteiger partial charge in [-0.1, -0.05) is 40.7 Å². The standard InChI is InChI=1S/C18H28N2O3/c1-12(2)18(6,23)11-19-15(21)13-8-7-9-14(10-13)20-16(22)17(3,4)5/h7-10,12,23H,11H2,1-6H3,(H,19,21)(H,20,22). The molecule has 0 aliphatic rings. The average Bonchev–Trinajstić information content (AvgIpc) is 2.44. The number of carbonyl (C=O) groups is 2. The molecule has 128 valence electrons. The van der Waals surface area contributed by atoms with Crippen molar-refractivity contribution >= 4 is 17.5 Å². The van der Waals surface area contributed by atoms with Crippen LogP contribution in [0.2, 0.25) is 0 Å². The third-order valence-corrected chi connectivity index (χ3v) is 3.91. The number of nitrogens with one attached hydrogen (secondary N) is 2. The van der Waals surface area contributed by atoms with E-state index < -0.39 is 11.0 Å². The van der Waals surface area contributed by atoms with Crippen molar-refractivity contribution < 1.29 is 14.7 Å². The van der Waals surface area contributed by atoms with E-state index >= 15 is 0 Å². The Hall–Kier alpha value is -1.88. The van der Waals surface area contributed by atoms with E-state index in [2.05, 4.69) is 10.6 Å². The second-order valence-electron chi connectivity index (χ2n) is 7.48. The van der Waals surface area contributed by atoms with Crippen LogP contribution in [-0.4, -0.2) is 29.1 Å². The van der Waals surface area contributed by atoms with Gasteiger partial charge in [-0.2, -0.15) is 0 Å². The van der Waals surface area contributed by atoms with E-state index in [9.17, 15) is 14.7 Å². The highest BCUT2D eigenvalue weighted by atomic mass is 16.3. The fourth-order valence-corrected chi connectivity index (χ4v) is 1.62. The summed E-state index contributed by atoms with van der Waals surface area (Å²) in [5.74, 6) is -0.365. The van der Waals surface area contributed by atoms with E-state index in [0.717, 1.165) is 0 Å². The lowest BCUT2D eigenvalue weighted by molar-refractivity contribution is -0.123. The van der Waals surface area contributed by atoms with Gasteiger partial charge in [-0.05, 0) is 31.0 Å². The molecule has 0 heterocycles. The van der Waals surface area contributed by atoms with Gasteiger partial charge in [0.25, 0.3) is 5.91 Å². The molecule has 1 rings (SSSR count). The molecule has 0 aliphatic heterocycles. The van der Waals surface area contributed by atoms with Crippen LogP contribution in [0.3, 0.4) is 0 Å². The zero-order chi connectivity index (χ0) is 17.8. The number of aliphatic hydroxyl groups is 1. The molecule has 1 aromatic rings. The van der Waals surface area contributed by atoms with Crippen molar-refractivity contribution in [3.05, 3.63) is 29.8 Å². The van der Waals surface area contributed by atoms with E-state index in [1.807, 2.05) is 34.6 Å². The molecule has 0 bridgehead atoms. The smallest absolute Gasteiger partial charge is 0.251 e. The monoisotopic (exact) mass is 320 g/mol. The van der Waals surface area contributed by atoms with Gasteiger partial charge in [0.05, 0.1) is 5.60 Å². The summed E-state index contributed by atoms with van der Waals surface area (Å²) in [6.07, 6.45) is 0. The molecule has 0 saturated heterocycles. The van der Waals surface area contributed by atoms with E-state index in [4.69, 9.17) is 0 Å². The molecule has 0 saturated carbocycles. The summed E-state index contributed by atoms with van der Waals surface area (Å²) in [6.45, 7) is 11.1. The normalized spacial score (nSPS) is 14.3. The average molecular weight is 320 g/mol. The third kappa shape index (κ3) is 5.67. The maximum atomic E-state index is 12.2. The van der Waals surface area contributed by atoms with Gasteiger partial charge >= 0.3 is 0 Å². The van der Waals surface area contributed by atoms with Crippen molar-refractivity contribution in [2.45, 2.75) is 47.1 Å². The van der Waals surface area contributed by atoms with Gasteiger partial charge in [0.1, 0.15) is 0 Å².